The highest BCUT2D eigenvalue weighted by Gasteiger charge is 2.25. The Bertz CT molecular complexity index is 448. The molecule has 1 N–H and O–H groups in total. The van der Waals surface area contributed by atoms with E-state index in [9.17, 15) is 9.90 Å². The van der Waals surface area contributed by atoms with Gasteiger partial charge in [0.05, 0.1) is 23.1 Å². The smallest absolute Gasteiger partial charge is 0.255 e. The van der Waals surface area contributed by atoms with E-state index in [4.69, 9.17) is 0 Å². The number of carbonyl (C=O) groups excluding carboxylic acids is 1. The summed E-state index contributed by atoms with van der Waals surface area (Å²) in [4.78, 5) is 14.1. The largest absolute Gasteiger partial charge is 0.391 e. The van der Waals surface area contributed by atoms with Crippen molar-refractivity contribution in [3.8, 4) is 0 Å². The van der Waals surface area contributed by atoms with Gasteiger partial charge in [-0.05, 0) is 32.3 Å². The minimum absolute atomic E-state index is 0.0383. The minimum atomic E-state index is -0.399. The van der Waals surface area contributed by atoms with Crippen molar-refractivity contribution in [1.82, 2.24) is 15.1 Å². The van der Waals surface area contributed by atoms with Crippen LogP contribution >= 0.6 is 0 Å². The first-order valence-electron chi connectivity index (χ1n) is 6.42. The van der Waals surface area contributed by atoms with Crippen LogP contribution in [0, 0.1) is 6.92 Å². The average Bonchev–Trinajstić information content (AvgIpc) is 2.38. The number of aryl methyl sites for hydroxylation is 2. The number of piperidine rings is 1. The Hall–Kier alpha value is -1.49. The van der Waals surface area contributed by atoms with Gasteiger partial charge in [-0.15, -0.1) is 0 Å². The van der Waals surface area contributed by atoms with Crippen molar-refractivity contribution in [2.75, 3.05) is 13.1 Å². The Morgan fingerprint density at radius 3 is 3.00 bits per heavy atom. The van der Waals surface area contributed by atoms with Crippen LogP contribution in [0.2, 0.25) is 0 Å². The summed E-state index contributed by atoms with van der Waals surface area (Å²) in [6.07, 6.45) is 1.91. The molecule has 1 fully saturated rings. The van der Waals surface area contributed by atoms with Gasteiger partial charge in [-0.25, -0.2) is 0 Å². The van der Waals surface area contributed by atoms with Crippen LogP contribution in [-0.2, 0) is 6.42 Å². The molecule has 1 amide bonds. The summed E-state index contributed by atoms with van der Waals surface area (Å²) in [7, 11) is 0. The van der Waals surface area contributed by atoms with Gasteiger partial charge in [-0.3, -0.25) is 4.79 Å². The Balaban J connectivity index is 2.24. The highest BCUT2D eigenvalue weighted by molar-refractivity contribution is 5.95. The number of nitrogens with zero attached hydrogens (tertiary/aromatic N) is 3. The molecule has 5 nitrogen and oxygen atoms in total. The topological polar surface area (TPSA) is 66.3 Å². The lowest BCUT2D eigenvalue weighted by atomic mass is 10.1. The van der Waals surface area contributed by atoms with Gasteiger partial charge in [0.25, 0.3) is 5.91 Å². The number of amides is 1. The van der Waals surface area contributed by atoms with E-state index < -0.39 is 6.10 Å². The molecule has 1 saturated heterocycles. The van der Waals surface area contributed by atoms with Crippen LogP contribution in [0.1, 0.15) is 41.5 Å². The first-order chi connectivity index (χ1) is 8.61. The number of β-amino-alcohol motifs (C(OH)–C–C–N with tert-alkyl or cyclic N) is 1. The number of hydrogen-bond acceptors (Lipinski definition) is 4. The van der Waals surface area contributed by atoms with Gasteiger partial charge in [0, 0.05) is 13.1 Å². The third-order valence-electron chi connectivity index (χ3n) is 3.24. The van der Waals surface area contributed by atoms with Crippen molar-refractivity contribution in [3.05, 3.63) is 23.0 Å². The molecule has 0 unspecified atom stereocenters. The number of aliphatic hydroxyl groups is 1. The van der Waals surface area contributed by atoms with Crippen molar-refractivity contribution in [2.45, 2.75) is 39.2 Å². The fourth-order valence-corrected chi connectivity index (χ4v) is 2.27. The number of hydrogen-bond donors (Lipinski definition) is 1. The zero-order chi connectivity index (χ0) is 13.1. The zero-order valence-electron chi connectivity index (χ0n) is 10.9. The molecule has 1 aromatic rings. The monoisotopic (exact) mass is 249 g/mol. The summed E-state index contributed by atoms with van der Waals surface area (Å²) in [5.74, 6) is -0.0383. The van der Waals surface area contributed by atoms with E-state index in [0.29, 0.717) is 25.1 Å². The predicted octanol–water partition coefficient (Wildman–Crippen LogP) is 0.944. The second-order valence-electron chi connectivity index (χ2n) is 4.75. The fourth-order valence-electron chi connectivity index (χ4n) is 2.27. The van der Waals surface area contributed by atoms with Crippen LogP contribution < -0.4 is 0 Å². The summed E-state index contributed by atoms with van der Waals surface area (Å²) in [5.41, 5.74) is 2.10. The van der Waals surface area contributed by atoms with E-state index >= 15 is 0 Å². The molecule has 2 heterocycles. The summed E-state index contributed by atoms with van der Waals surface area (Å²) >= 11 is 0. The first kappa shape index (κ1) is 13.0. The summed E-state index contributed by atoms with van der Waals surface area (Å²) < 4.78 is 0. The van der Waals surface area contributed by atoms with Crippen LogP contribution in [0.3, 0.4) is 0 Å². The van der Waals surface area contributed by atoms with Crippen LogP contribution in [-0.4, -0.2) is 45.3 Å². The van der Waals surface area contributed by atoms with Crippen LogP contribution in [0.15, 0.2) is 6.07 Å². The second-order valence-corrected chi connectivity index (χ2v) is 4.75. The quantitative estimate of drug-likeness (QED) is 0.847. The zero-order valence-corrected chi connectivity index (χ0v) is 10.9. The number of rotatable bonds is 2. The van der Waals surface area contributed by atoms with Crippen molar-refractivity contribution in [1.29, 1.82) is 0 Å². The molecular weight excluding hydrogens is 230 g/mol. The third-order valence-corrected chi connectivity index (χ3v) is 3.24. The van der Waals surface area contributed by atoms with Gasteiger partial charge in [-0.1, -0.05) is 6.92 Å². The first-order valence-corrected chi connectivity index (χ1v) is 6.42. The molecule has 0 bridgehead atoms. The fraction of sp³-hybridized carbons (Fsp3) is 0.615. The molecule has 18 heavy (non-hydrogen) atoms. The van der Waals surface area contributed by atoms with Crippen molar-refractivity contribution >= 4 is 5.91 Å². The van der Waals surface area contributed by atoms with Gasteiger partial charge in [-0.2, -0.15) is 10.2 Å². The maximum atomic E-state index is 12.4. The van der Waals surface area contributed by atoms with Gasteiger partial charge >= 0.3 is 0 Å². The Kier molecular flexibility index (Phi) is 3.91. The molecule has 1 aliphatic rings. The summed E-state index contributed by atoms with van der Waals surface area (Å²) in [6.45, 7) is 4.92. The molecule has 0 aromatic carbocycles. The maximum Gasteiger partial charge on any atom is 0.255 e. The number of likely N-dealkylation sites (tertiary alicyclic amines) is 1. The van der Waals surface area contributed by atoms with Crippen LogP contribution in [0.5, 0.6) is 0 Å². The highest BCUT2D eigenvalue weighted by atomic mass is 16.3. The van der Waals surface area contributed by atoms with E-state index in [1.807, 2.05) is 13.8 Å². The van der Waals surface area contributed by atoms with Gasteiger partial charge in [0.1, 0.15) is 0 Å². The molecule has 1 aliphatic heterocycles. The standard InChI is InChI=1S/C13H19N3O2/c1-3-12-11(7-9(2)14-15-12)13(18)16-6-4-5-10(17)8-16/h7,10,17H,3-6,8H2,1-2H3/t10-/m0/s1. The van der Waals surface area contributed by atoms with E-state index in [1.54, 1.807) is 11.0 Å². The predicted molar refractivity (Wildman–Crippen MR) is 67.3 cm³/mol. The summed E-state index contributed by atoms with van der Waals surface area (Å²) in [6, 6.07) is 1.79. The van der Waals surface area contributed by atoms with Gasteiger partial charge in [0.15, 0.2) is 0 Å². The van der Waals surface area contributed by atoms with E-state index in [-0.39, 0.29) is 5.91 Å². The molecule has 1 atom stereocenters. The lowest BCUT2D eigenvalue weighted by Crippen LogP contribution is -2.42. The molecule has 0 radical (unpaired) electrons. The van der Waals surface area contributed by atoms with Crippen LogP contribution in [0.25, 0.3) is 0 Å². The van der Waals surface area contributed by atoms with Gasteiger partial charge < -0.3 is 10.0 Å². The Morgan fingerprint density at radius 1 is 1.56 bits per heavy atom. The third kappa shape index (κ3) is 2.67. The molecule has 1 aromatic heterocycles. The van der Waals surface area contributed by atoms with Crippen LogP contribution in [0.4, 0.5) is 0 Å². The van der Waals surface area contributed by atoms with E-state index in [1.165, 1.54) is 0 Å². The van der Waals surface area contributed by atoms with Crippen molar-refractivity contribution in [3.63, 3.8) is 0 Å². The van der Waals surface area contributed by atoms with E-state index in [2.05, 4.69) is 10.2 Å². The Morgan fingerprint density at radius 2 is 2.33 bits per heavy atom. The average molecular weight is 249 g/mol. The second kappa shape index (κ2) is 5.44. The maximum absolute atomic E-state index is 12.4. The lowest BCUT2D eigenvalue weighted by molar-refractivity contribution is 0.0472. The molecule has 0 aliphatic carbocycles. The SMILES string of the molecule is CCc1nnc(C)cc1C(=O)N1CCC[C@H](O)C1. The Labute approximate surface area is 107 Å². The number of aliphatic hydroxyl groups excluding tert-OH is 1. The van der Waals surface area contributed by atoms with Gasteiger partial charge in [0.2, 0.25) is 0 Å². The van der Waals surface area contributed by atoms with Crippen molar-refractivity contribution < 1.29 is 9.90 Å². The molecule has 2 rings (SSSR count). The minimum Gasteiger partial charge on any atom is -0.391 e. The molecule has 0 saturated carbocycles. The highest BCUT2D eigenvalue weighted by Crippen LogP contribution is 2.16. The summed E-state index contributed by atoms with van der Waals surface area (Å²) in [5, 5.41) is 17.7. The normalized spacial score (nSPS) is 19.9. The number of aromatic nitrogens is 2. The lowest BCUT2D eigenvalue weighted by Gasteiger charge is -2.30. The van der Waals surface area contributed by atoms with Crippen molar-refractivity contribution in [2.24, 2.45) is 0 Å². The van der Waals surface area contributed by atoms with E-state index in [0.717, 1.165) is 24.2 Å². The molecule has 5 heteroatoms. The molecular formula is C13H19N3O2. The molecule has 0 spiro atoms. The number of carbonyl (C=O) groups is 1. The molecule has 98 valence electrons.